The summed E-state index contributed by atoms with van der Waals surface area (Å²) in [5.41, 5.74) is 0.270. The molecule has 0 radical (unpaired) electrons. The van der Waals surface area contributed by atoms with E-state index in [-0.39, 0.29) is 34.0 Å². The zero-order chi connectivity index (χ0) is 17.6. The number of aromatic nitrogens is 3. The van der Waals surface area contributed by atoms with E-state index in [2.05, 4.69) is 26.7 Å². The molecule has 0 bridgehead atoms. The van der Waals surface area contributed by atoms with Crippen molar-refractivity contribution < 1.29 is 17.6 Å². The Labute approximate surface area is 138 Å². The van der Waals surface area contributed by atoms with E-state index < -0.39 is 17.5 Å². The van der Waals surface area contributed by atoms with Gasteiger partial charge < -0.3 is 9.40 Å². The lowest BCUT2D eigenvalue weighted by atomic mass is 10.1. The number of rotatable bonds is 3. The van der Waals surface area contributed by atoms with Crippen LogP contribution in [0.2, 0.25) is 0 Å². The average Bonchev–Trinajstić information content (AvgIpc) is 3.25. The minimum atomic E-state index is -0.800. The predicted octanol–water partition coefficient (Wildman–Crippen LogP) is 4.63. The highest BCUT2D eigenvalue weighted by Crippen LogP contribution is 2.33. The fourth-order valence-electron chi connectivity index (χ4n) is 2.58. The summed E-state index contributed by atoms with van der Waals surface area (Å²) in [5, 5.41) is 0.226. The fraction of sp³-hybridized carbons (Fsp3) is 0. The third-order valence-electron chi connectivity index (χ3n) is 3.68. The molecule has 3 heterocycles. The largest absolute Gasteiger partial charge is 0.463 e. The van der Waals surface area contributed by atoms with E-state index in [1.807, 2.05) is 0 Å². The number of aliphatic imine (C=N–C) groups is 1. The Hall–Kier alpha value is -3.42. The number of hydrogen-bond acceptors (Lipinski definition) is 4. The topological polar surface area (TPSA) is 67.1 Å². The van der Waals surface area contributed by atoms with Gasteiger partial charge in [0.05, 0.1) is 11.8 Å². The number of hydrogen-bond donors (Lipinski definition) is 1. The van der Waals surface area contributed by atoms with Gasteiger partial charge in [-0.2, -0.15) is 0 Å². The second-order valence-corrected chi connectivity index (χ2v) is 5.18. The van der Waals surface area contributed by atoms with Gasteiger partial charge in [-0.05, 0) is 24.9 Å². The molecule has 0 aliphatic rings. The first kappa shape index (κ1) is 15.1. The van der Waals surface area contributed by atoms with E-state index in [0.29, 0.717) is 5.56 Å². The van der Waals surface area contributed by atoms with E-state index in [0.717, 1.165) is 12.1 Å². The summed E-state index contributed by atoms with van der Waals surface area (Å²) in [6, 6.07) is 5.01. The first-order valence-corrected chi connectivity index (χ1v) is 7.13. The van der Waals surface area contributed by atoms with Gasteiger partial charge in [0.25, 0.3) is 0 Å². The van der Waals surface area contributed by atoms with Crippen molar-refractivity contribution in [2.45, 2.75) is 0 Å². The Morgan fingerprint density at radius 2 is 2.00 bits per heavy atom. The number of furan rings is 1. The first-order chi connectivity index (χ1) is 12.1. The van der Waals surface area contributed by atoms with E-state index in [4.69, 9.17) is 4.42 Å². The quantitative estimate of drug-likeness (QED) is 0.552. The number of aromatic amines is 1. The molecule has 3 aromatic heterocycles. The van der Waals surface area contributed by atoms with E-state index in [9.17, 15) is 13.2 Å². The summed E-state index contributed by atoms with van der Waals surface area (Å²) in [6.07, 6.45) is 2.78. The van der Waals surface area contributed by atoms with Gasteiger partial charge in [-0.25, -0.2) is 28.1 Å². The molecule has 124 valence electrons. The Morgan fingerprint density at radius 1 is 1.16 bits per heavy atom. The number of nitrogens with zero attached hydrogens (tertiary/aromatic N) is 3. The smallest absolute Gasteiger partial charge is 0.197 e. The molecule has 0 saturated carbocycles. The number of benzene rings is 1. The summed E-state index contributed by atoms with van der Waals surface area (Å²) >= 11 is 0. The van der Waals surface area contributed by atoms with E-state index in [1.165, 1.54) is 18.5 Å². The third kappa shape index (κ3) is 2.38. The van der Waals surface area contributed by atoms with Crippen LogP contribution in [0.25, 0.3) is 33.7 Å². The van der Waals surface area contributed by atoms with Gasteiger partial charge in [-0.15, -0.1) is 0 Å². The van der Waals surface area contributed by atoms with Gasteiger partial charge in [-0.3, -0.25) is 0 Å². The van der Waals surface area contributed by atoms with Crippen LogP contribution < -0.4 is 0 Å². The summed E-state index contributed by atoms with van der Waals surface area (Å²) in [6.45, 7) is 3.29. The number of halogens is 3. The van der Waals surface area contributed by atoms with Crippen LogP contribution in [-0.2, 0) is 0 Å². The van der Waals surface area contributed by atoms with Gasteiger partial charge in [0.1, 0.15) is 17.3 Å². The van der Waals surface area contributed by atoms with Crippen molar-refractivity contribution >= 4 is 23.4 Å². The van der Waals surface area contributed by atoms with Crippen LogP contribution in [0.5, 0.6) is 0 Å². The fourth-order valence-corrected chi connectivity index (χ4v) is 2.58. The maximum absolute atomic E-state index is 14.5. The lowest BCUT2D eigenvalue weighted by Crippen LogP contribution is -1.97. The molecule has 0 atom stereocenters. The van der Waals surface area contributed by atoms with Gasteiger partial charge >= 0.3 is 0 Å². The van der Waals surface area contributed by atoms with E-state index in [1.54, 1.807) is 6.07 Å². The lowest BCUT2D eigenvalue weighted by Gasteiger charge is -2.06. The molecule has 0 amide bonds. The maximum Gasteiger partial charge on any atom is 0.197 e. The van der Waals surface area contributed by atoms with Crippen molar-refractivity contribution in [3.05, 3.63) is 54.2 Å². The van der Waals surface area contributed by atoms with Gasteiger partial charge in [0.15, 0.2) is 23.2 Å². The van der Waals surface area contributed by atoms with Crippen molar-refractivity contribution in [1.29, 1.82) is 0 Å². The third-order valence-corrected chi connectivity index (χ3v) is 3.68. The molecule has 0 saturated heterocycles. The van der Waals surface area contributed by atoms with Gasteiger partial charge in [-0.1, -0.05) is 0 Å². The average molecular weight is 342 g/mol. The highest BCUT2D eigenvalue weighted by Gasteiger charge is 2.20. The minimum absolute atomic E-state index is 0.0338. The highest BCUT2D eigenvalue weighted by atomic mass is 19.1. The molecular weight excluding hydrogens is 333 g/mol. The van der Waals surface area contributed by atoms with Crippen LogP contribution in [-0.4, -0.2) is 21.7 Å². The van der Waals surface area contributed by atoms with Crippen molar-refractivity contribution in [2.75, 3.05) is 0 Å². The zero-order valence-electron chi connectivity index (χ0n) is 12.6. The summed E-state index contributed by atoms with van der Waals surface area (Å²) in [7, 11) is 0. The van der Waals surface area contributed by atoms with Crippen LogP contribution in [0.1, 0.15) is 0 Å². The molecule has 0 spiro atoms. The van der Waals surface area contributed by atoms with Crippen LogP contribution in [0.15, 0.2) is 46.1 Å². The zero-order valence-corrected chi connectivity index (χ0v) is 12.6. The number of fused-ring (bicyclic) bond motifs is 1. The molecule has 1 aromatic carbocycles. The molecule has 8 heteroatoms. The highest BCUT2D eigenvalue weighted by molar-refractivity contribution is 5.94. The van der Waals surface area contributed by atoms with Crippen molar-refractivity contribution in [1.82, 2.24) is 15.0 Å². The molecule has 0 aliphatic carbocycles. The molecule has 4 rings (SSSR count). The van der Waals surface area contributed by atoms with Gasteiger partial charge in [0.2, 0.25) is 0 Å². The van der Waals surface area contributed by atoms with Crippen LogP contribution in [0.3, 0.4) is 0 Å². The first-order valence-electron chi connectivity index (χ1n) is 7.13. The van der Waals surface area contributed by atoms with Crippen LogP contribution >= 0.6 is 0 Å². The molecule has 1 N–H and O–H groups in total. The normalized spacial score (nSPS) is 11.2. The molecule has 4 aromatic rings. The number of H-pyrrole nitrogens is 1. The van der Waals surface area contributed by atoms with Crippen molar-refractivity contribution in [3.8, 4) is 22.8 Å². The predicted molar refractivity (Wildman–Crippen MR) is 86.1 cm³/mol. The Bertz CT molecular complexity index is 1100. The minimum Gasteiger partial charge on any atom is -0.463 e. The summed E-state index contributed by atoms with van der Waals surface area (Å²) in [5.74, 6) is -2.39. The Balaban J connectivity index is 2.01. The molecular formula is C17H9F3N4O. The van der Waals surface area contributed by atoms with Crippen LogP contribution in [0.4, 0.5) is 19.0 Å². The Kier molecular flexibility index (Phi) is 3.38. The second-order valence-electron chi connectivity index (χ2n) is 5.18. The standard InChI is InChI=1S/C17H9F3N4O/c1-21-17-13(20)15(12-3-2-4-25-12)23-16(24-17)10-7-22-14-9(10)5-8(18)6-11(14)19/h2-7,22H,1H2. The summed E-state index contributed by atoms with van der Waals surface area (Å²) < 4.78 is 47.1. The van der Waals surface area contributed by atoms with Crippen molar-refractivity contribution in [2.24, 2.45) is 4.99 Å². The Morgan fingerprint density at radius 3 is 2.72 bits per heavy atom. The van der Waals surface area contributed by atoms with E-state index >= 15 is 0 Å². The molecule has 5 nitrogen and oxygen atoms in total. The van der Waals surface area contributed by atoms with Gasteiger partial charge in [0, 0.05) is 23.2 Å². The molecule has 0 fully saturated rings. The lowest BCUT2D eigenvalue weighted by molar-refractivity contribution is 0.563. The maximum atomic E-state index is 14.5. The monoisotopic (exact) mass is 342 g/mol. The SMILES string of the molecule is C=Nc1nc(-c2c[nH]c3c(F)cc(F)cc23)nc(-c2ccco2)c1F. The van der Waals surface area contributed by atoms with Crippen LogP contribution in [0, 0.1) is 17.5 Å². The second kappa shape index (κ2) is 5.59. The molecule has 0 unspecified atom stereocenters. The summed E-state index contributed by atoms with van der Waals surface area (Å²) in [4.78, 5) is 14.4. The molecule has 0 aliphatic heterocycles. The van der Waals surface area contributed by atoms with Crippen molar-refractivity contribution in [3.63, 3.8) is 0 Å². The molecule has 25 heavy (non-hydrogen) atoms. The number of nitrogens with one attached hydrogen (secondary N) is 1.